The van der Waals surface area contributed by atoms with Crippen molar-refractivity contribution < 1.29 is 19.4 Å². The van der Waals surface area contributed by atoms with Gasteiger partial charge in [0.1, 0.15) is 6.10 Å². The van der Waals surface area contributed by atoms with E-state index in [-0.39, 0.29) is 19.2 Å². The molecule has 1 N–H and O–H groups in total. The number of allylic oxidation sites excluding steroid dienone is 8. The van der Waals surface area contributed by atoms with Crippen LogP contribution in [0.25, 0.3) is 0 Å². The molecule has 0 saturated carbocycles. The van der Waals surface area contributed by atoms with E-state index in [0.29, 0.717) is 13.0 Å². The van der Waals surface area contributed by atoms with E-state index < -0.39 is 6.10 Å². The van der Waals surface area contributed by atoms with Gasteiger partial charge in [-0.3, -0.25) is 4.79 Å². The Morgan fingerprint density at radius 3 is 1.32 bits per heavy atom. The Labute approximate surface area is 312 Å². The van der Waals surface area contributed by atoms with Crippen LogP contribution in [0.15, 0.2) is 48.6 Å². The summed E-state index contributed by atoms with van der Waals surface area (Å²) in [5, 5.41) is 9.60. The second-order valence-electron chi connectivity index (χ2n) is 14.4. The minimum Gasteiger partial charge on any atom is -0.457 e. The van der Waals surface area contributed by atoms with E-state index in [1.165, 1.54) is 161 Å². The molecule has 0 saturated heterocycles. The van der Waals surface area contributed by atoms with E-state index in [4.69, 9.17) is 9.47 Å². The fraction of sp³-hybridized carbons (Fsp3) is 0.804. The van der Waals surface area contributed by atoms with Gasteiger partial charge in [0.15, 0.2) is 0 Å². The Bertz CT molecular complexity index is 783. The molecular weight excluding hydrogens is 617 g/mol. The summed E-state index contributed by atoms with van der Waals surface area (Å²) >= 11 is 0. The van der Waals surface area contributed by atoms with Gasteiger partial charge in [-0.2, -0.15) is 0 Å². The zero-order valence-corrected chi connectivity index (χ0v) is 33.4. The Balaban J connectivity index is 3.46. The lowest BCUT2D eigenvalue weighted by molar-refractivity contribution is -0.154. The standard InChI is InChI=1S/C46H84O4/c1-3-5-7-9-11-13-15-17-19-21-23-24-26-28-30-32-34-36-38-40-42-49-44-45(43-47)50-46(48)41-39-37-35-33-31-29-27-25-22-20-18-16-14-12-10-8-6-4-2/h11,13,17,19-20,22-24,45,47H,3-10,12,14-16,18,21,25-44H2,1-2H3/b13-11-,19-17-,22-20-,24-23-. The molecule has 0 bridgehead atoms. The van der Waals surface area contributed by atoms with Crippen LogP contribution in [0.1, 0.15) is 213 Å². The van der Waals surface area contributed by atoms with E-state index in [1.54, 1.807) is 0 Å². The molecule has 4 nitrogen and oxygen atoms in total. The zero-order chi connectivity index (χ0) is 36.3. The van der Waals surface area contributed by atoms with E-state index >= 15 is 0 Å². The maximum Gasteiger partial charge on any atom is 0.306 e. The van der Waals surface area contributed by atoms with Gasteiger partial charge in [0, 0.05) is 13.0 Å². The van der Waals surface area contributed by atoms with Crippen molar-refractivity contribution in [2.24, 2.45) is 0 Å². The molecule has 0 rings (SSSR count). The smallest absolute Gasteiger partial charge is 0.306 e. The van der Waals surface area contributed by atoms with Crippen molar-refractivity contribution in [3.05, 3.63) is 48.6 Å². The van der Waals surface area contributed by atoms with Crippen LogP contribution in [0, 0.1) is 0 Å². The third-order valence-electron chi connectivity index (χ3n) is 9.38. The van der Waals surface area contributed by atoms with Crippen molar-refractivity contribution in [2.75, 3.05) is 19.8 Å². The summed E-state index contributed by atoms with van der Waals surface area (Å²) < 4.78 is 11.2. The van der Waals surface area contributed by atoms with Crippen LogP contribution in [-0.2, 0) is 14.3 Å². The van der Waals surface area contributed by atoms with Gasteiger partial charge in [-0.15, -0.1) is 0 Å². The number of aliphatic hydroxyl groups excluding tert-OH is 1. The molecular formula is C46H84O4. The summed E-state index contributed by atoms with van der Waals surface area (Å²) in [6, 6.07) is 0. The maximum atomic E-state index is 12.2. The van der Waals surface area contributed by atoms with Crippen LogP contribution in [0.4, 0.5) is 0 Å². The molecule has 0 spiro atoms. The molecule has 0 radical (unpaired) electrons. The van der Waals surface area contributed by atoms with Crippen molar-refractivity contribution in [1.29, 1.82) is 0 Å². The second kappa shape index (κ2) is 43.5. The Morgan fingerprint density at radius 1 is 0.480 bits per heavy atom. The van der Waals surface area contributed by atoms with E-state index in [2.05, 4.69) is 62.5 Å². The van der Waals surface area contributed by atoms with Crippen LogP contribution in [0.5, 0.6) is 0 Å². The highest BCUT2D eigenvalue weighted by atomic mass is 16.6. The number of hydrogen-bond acceptors (Lipinski definition) is 4. The minimum absolute atomic E-state index is 0.178. The number of carbonyl (C=O) groups is 1. The molecule has 1 unspecified atom stereocenters. The first-order valence-electron chi connectivity index (χ1n) is 21.7. The maximum absolute atomic E-state index is 12.2. The Hall–Kier alpha value is -1.65. The molecule has 0 heterocycles. The third-order valence-corrected chi connectivity index (χ3v) is 9.38. The predicted octanol–water partition coefficient (Wildman–Crippen LogP) is 14.3. The van der Waals surface area contributed by atoms with Gasteiger partial charge in [0.05, 0.1) is 13.2 Å². The lowest BCUT2D eigenvalue weighted by Gasteiger charge is -2.15. The predicted molar refractivity (Wildman–Crippen MR) is 219 cm³/mol. The van der Waals surface area contributed by atoms with E-state index in [9.17, 15) is 9.90 Å². The first-order chi connectivity index (χ1) is 24.7. The average molecular weight is 701 g/mol. The Kier molecular flexibility index (Phi) is 42.1. The van der Waals surface area contributed by atoms with Gasteiger partial charge in [0.2, 0.25) is 0 Å². The van der Waals surface area contributed by atoms with Gasteiger partial charge in [-0.25, -0.2) is 0 Å². The van der Waals surface area contributed by atoms with Gasteiger partial charge >= 0.3 is 5.97 Å². The molecule has 0 aliphatic heterocycles. The highest BCUT2D eigenvalue weighted by Gasteiger charge is 2.13. The molecule has 0 fully saturated rings. The van der Waals surface area contributed by atoms with Crippen molar-refractivity contribution in [3.8, 4) is 0 Å². The van der Waals surface area contributed by atoms with Crippen LogP contribution < -0.4 is 0 Å². The number of carbonyl (C=O) groups excluding carboxylic acids is 1. The SMILES string of the molecule is CCCCC/C=C\C/C=C\C/C=C\CCCCCCCCCOCC(CO)OC(=O)CCCCCCCCC/C=C\CCCCCCCCC. The fourth-order valence-corrected chi connectivity index (χ4v) is 6.09. The van der Waals surface area contributed by atoms with Crippen molar-refractivity contribution in [1.82, 2.24) is 0 Å². The highest BCUT2D eigenvalue weighted by molar-refractivity contribution is 5.69. The number of aliphatic hydroxyl groups is 1. The largest absolute Gasteiger partial charge is 0.457 e. The molecule has 50 heavy (non-hydrogen) atoms. The number of unbranched alkanes of at least 4 members (excludes halogenated alkanes) is 24. The first-order valence-corrected chi connectivity index (χ1v) is 21.7. The van der Waals surface area contributed by atoms with Crippen molar-refractivity contribution in [2.45, 2.75) is 219 Å². The summed E-state index contributed by atoms with van der Waals surface area (Å²) in [6.07, 6.45) is 55.9. The Morgan fingerprint density at radius 2 is 0.840 bits per heavy atom. The number of esters is 1. The third kappa shape index (κ3) is 40.8. The molecule has 1 atom stereocenters. The first kappa shape index (κ1) is 48.3. The summed E-state index contributed by atoms with van der Waals surface area (Å²) in [5.74, 6) is -0.209. The highest BCUT2D eigenvalue weighted by Crippen LogP contribution is 2.13. The van der Waals surface area contributed by atoms with Crippen LogP contribution >= 0.6 is 0 Å². The monoisotopic (exact) mass is 701 g/mol. The molecule has 0 aromatic rings. The molecule has 0 aliphatic carbocycles. The number of ether oxygens (including phenoxy) is 2. The lowest BCUT2D eigenvalue weighted by Crippen LogP contribution is -2.27. The number of rotatable bonds is 40. The molecule has 0 aliphatic rings. The quantitative estimate of drug-likeness (QED) is 0.0393. The van der Waals surface area contributed by atoms with Crippen LogP contribution in [-0.4, -0.2) is 37.0 Å². The molecule has 4 heteroatoms. The summed E-state index contributed by atoms with van der Waals surface area (Å²) in [7, 11) is 0. The summed E-state index contributed by atoms with van der Waals surface area (Å²) in [5.41, 5.74) is 0. The fourth-order valence-electron chi connectivity index (χ4n) is 6.09. The van der Waals surface area contributed by atoms with Gasteiger partial charge in [-0.1, -0.05) is 178 Å². The normalized spacial score (nSPS) is 12.8. The number of hydrogen-bond donors (Lipinski definition) is 1. The molecule has 0 amide bonds. The summed E-state index contributed by atoms with van der Waals surface area (Å²) in [6.45, 7) is 5.30. The van der Waals surface area contributed by atoms with E-state index in [0.717, 1.165) is 32.1 Å². The zero-order valence-electron chi connectivity index (χ0n) is 33.4. The summed E-state index contributed by atoms with van der Waals surface area (Å²) in [4.78, 5) is 12.2. The minimum atomic E-state index is -0.542. The topological polar surface area (TPSA) is 55.8 Å². The van der Waals surface area contributed by atoms with E-state index in [1.807, 2.05) is 0 Å². The lowest BCUT2D eigenvalue weighted by atomic mass is 10.1. The molecule has 0 aromatic carbocycles. The van der Waals surface area contributed by atoms with Crippen LogP contribution in [0.2, 0.25) is 0 Å². The average Bonchev–Trinajstić information content (AvgIpc) is 3.12. The molecule has 292 valence electrons. The van der Waals surface area contributed by atoms with Crippen molar-refractivity contribution in [3.63, 3.8) is 0 Å². The van der Waals surface area contributed by atoms with Gasteiger partial charge in [0.25, 0.3) is 0 Å². The van der Waals surface area contributed by atoms with Crippen LogP contribution in [0.3, 0.4) is 0 Å². The van der Waals surface area contributed by atoms with Gasteiger partial charge < -0.3 is 14.6 Å². The second-order valence-corrected chi connectivity index (χ2v) is 14.4. The van der Waals surface area contributed by atoms with Crippen molar-refractivity contribution >= 4 is 5.97 Å². The molecule has 0 aromatic heterocycles. The van der Waals surface area contributed by atoms with Gasteiger partial charge in [-0.05, 0) is 77.0 Å².